The number of halogens is 1. The molecule has 0 fully saturated rings. The van der Waals surface area contributed by atoms with Gasteiger partial charge in [0.25, 0.3) is 11.2 Å². The summed E-state index contributed by atoms with van der Waals surface area (Å²) in [5.74, 6) is -0.537. The second-order valence-electron chi connectivity index (χ2n) is 9.96. The van der Waals surface area contributed by atoms with Crippen molar-refractivity contribution in [3.05, 3.63) is 149 Å². The molecule has 3 heterocycles. The Hall–Kier alpha value is -5.42. The van der Waals surface area contributed by atoms with Gasteiger partial charge in [-0.25, -0.2) is 14.2 Å². The Bertz CT molecular complexity index is 2130. The number of nitro benzene ring substituents is 1. The van der Waals surface area contributed by atoms with E-state index in [0.29, 0.717) is 32.9 Å². The van der Waals surface area contributed by atoms with Gasteiger partial charge in [-0.1, -0.05) is 59.9 Å². The number of fused-ring (bicyclic) bond motifs is 1. The number of ether oxygens (including phenoxy) is 1. The van der Waals surface area contributed by atoms with Crippen molar-refractivity contribution in [1.29, 1.82) is 0 Å². The minimum absolute atomic E-state index is 0.0930. The van der Waals surface area contributed by atoms with Crippen molar-refractivity contribution in [3.8, 4) is 11.3 Å². The van der Waals surface area contributed by atoms with Crippen LogP contribution in [0.15, 0.2) is 105 Å². The van der Waals surface area contributed by atoms with Crippen molar-refractivity contribution in [2.75, 3.05) is 6.61 Å². The quantitative estimate of drug-likeness (QED) is 0.136. The maximum Gasteiger partial charge on any atom is 0.338 e. The molecule has 6 rings (SSSR count). The van der Waals surface area contributed by atoms with Gasteiger partial charge in [-0.2, -0.15) is 0 Å². The van der Waals surface area contributed by atoms with E-state index in [9.17, 15) is 24.1 Å². The van der Waals surface area contributed by atoms with Crippen molar-refractivity contribution in [2.24, 2.45) is 4.99 Å². The standard InChI is InChI=1S/C33H24FN3O6S/c1-3-42-32(39)28-29(20-7-5-4-6-8-20)35-33-36(30(28)21-10-12-22(34)13-11-21)31(38)27(44-33)18-23-14-16-26(43-23)24-15-9-19(2)17-25(24)37(40)41/h4-18,30H,3H2,1-2H3/b27-18-/t30-/m0/s1. The van der Waals surface area contributed by atoms with Crippen LogP contribution in [0.25, 0.3) is 23.1 Å². The molecule has 220 valence electrons. The molecule has 0 aliphatic carbocycles. The van der Waals surface area contributed by atoms with Crippen molar-refractivity contribution in [1.82, 2.24) is 4.57 Å². The minimum Gasteiger partial charge on any atom is -0.463 e. The van der Waals surface area contributed by atoms with E-state index in [1.807, 2.05) is 30.3 Å². The predicted octanol–water partition coefficient (Wildman–Crippen LogP) is 5.55. The van der Waals surface area contributed by atoms with Gasteiger partial charge in [-0.3, -0.25) is 19.5 Å². The van der Waals surface area contributed by atoms with Gasteiger partial charge < -0.3 is 9.15 Å². The van der Waals surface area contributed by atoms with Crippen LogP contribution in [0.2, 0.25) is 0 Å². The molecule has 0 bridgehead atoms. The molecule has 0 amide bonds. The van der Waals surface area contributed by atoms with Gasteiger partial charge in [0.05, 0.1) is 38.9 Å². The smallest absolute Gasteiger partial charge is 0.338 e. The molecule has 44 heavy (non-hydrogen) atoms. The summed E-state index contributed by atoms with van der Waals surface area (Å²) >= 11 is 1.10. The van der Waals surface area contributed by atoms with Crippen LogP contribution >= 0.6 is 11.3 Å². The van der Waals surface area contributed by atoms with Crippen LogP contribution in [0.4, 0.5) is 10.1 Å². The fourth-order valence-corrected chi connectivity index (χ4v) is 6.09. The largest absolute Gasteiger partial charge is 0.463 e. The first-order valence-electron chi connectivity index (χ1n) is 13.6. The fraction of sp³-hybridized carbons (Fsp3) is 0.121. The summed E-state index contributed by atoms with van der Waals surface area (Å²) < 4.78 is 27.0. The van der Waals surface area contributed by atoms with E-state index < -0.39 is 28.3 Å². The Balaban J connectivity index is 1.55. The summed E-state index contributed by atoms with van der Waals surface area (Å²) in [6, 6.07) is 21.8. The zero-order valence-corrected chi connectivity index (χ0v) is 24.3. The molecule has 1 aliphatic heterocycles. The van der Waals surface area contributed by atoms with Crippen LogP contribution in [0.5, 0.6) is 0 Å². The first-order valence-corrected chi connectivity index (χ1v) is 14.5. The number of aromatic nitrogens is 1. The topological polar surface area (TPSA) is 117 Å². The average Bonchev–Trinajstić information content (AvgIpc) is 3.61. The van der Waals surface area contributed by atoms with Crippen LogP contribution in [0, 0.1) is 22.9 Å². The first-order chi connectivity index (χ1) is 21.2. The number of rotatable bonds is 7. The van der Waals surface area contributed by atoms with Gasteiger partial charge in [0.2, 0.25) is 0 Å². The highest BCUT2D eigenvalue weighted by molar-refractivity contribution is 7.07. The van der Waals surface area contributed by atoms with E-state index in [4.69, 9.17) is 14.1 Å². The monoisotopic (exact) mass is 609 g/mol. The summed E-state index contributed by atoms with van der Waals surface area (Å²) in [6.07, 6.45) is 1.53. The van der Waals surface area contributed by atoms with Crippen molar-refractivity contribution in [2.45, 2.75) is 19.9 Å². The number of nitrogens with zero attached hydrogens (tertiary/aromatic N) is 3. The number of carbonyl (C=O) groups excluding carboxylic acids is 1. The third-order valence-electron chi connectivity index (χ3n) is 7.07. The summed E-state index contributed by atoms with van der Waals surface area (Å²) in [6.45, 7) is 3.55. The van der Waals surface area contributed by atoms with E-state index in [0.717, 1.165) is 16.9 Å². The molecule has 9 nitrogen and oxygen atoms in total. The van der Waals surface area contributed by atoms with Crippen LogP contribution < -0.4 is 14.9 Å². The van der Waals surface area contributed by atoms with Crippen molar-refractivity contribution >= 4 is 34.8 Å². The van der Waals surface area contributed by atoms with E-state index in [-0.39, 0.29) is 28.2 Å². The van der Waals surface area contributed by atoms with Gasteiger partial charge in [0.15, 0.2) is 4.80 Å². The second-order valence-corrected chi connectivity index (χ2v) is 11.0. The van der Waals surface area contributed by atoms with Gasteiger partial charge in [-0.15, -0.1) is 0 Å². The highest BCUT2D eigenvalue weighted by Crippen LogP contribution is 2.35. The lowest BCUT2D eigenvalue weighted by Gasteiger charge is -2.25. The van der Waals surface area contributed by atoms with E-state index in [2.05, 4.69) is 0 Å². The van der Waals surface area contributed by atoms with E-state index in [1.165, 1.54) is 41.0 Å². The van der Waals surface area contributed by atoms with Gasteiger partial charge in [-0.05, 0) is 55.3 Å². The van der Waals surface area contributed by atoms with Crippen molar-refractivity contribution < 1.29 is 23.3 Å². The number of hydrogen-bond donors (Lipinski definition) is 0. The molecule has 11 heteroatoms. The molecule has 1 atom stereocenters. The third-order valence-corrected chi connectivity index (χ3v) is 8.06. The highest BCUT2D eigenvalue weighted by Gasteiger charge is 2.35. The highest BCUT2D eigenvalue weighted by atomic mass is 32.1. The Morgan fingerprint density at radius 1 is 1.11 bits per heavy atom. The lowest BCUT2D eigenvalue weighted by molar-refractivity contribution is -0.384. The summed E-state index contributed by atoms with van der Waals surface area (Å²) in [7, 11) is 0. The number of nitro groups is 1. The summed E-state index contributed by atoms with van der Waals surface area (Å²) in [5, 5.41) is 11.7. The van der Waals surface area contributed by atoms with Gasteiger partial charge in [0, 0.05) is 17.7 Å². The Morgan fingerprint density at radius 3 is 2.57 bits per heavy atom. The van der Waals surface area contributed by atoms with Gasteiger partial charge in [0.1, 0.15) is 17.3 Å². The summed E-state index contributed by atoms with van der Waals surface area (Å²) in [5.41, 5.74) is 2.15. The molecule has 2 aromatic heterocycles. The molecule has 0 radical (unpaired) electrons. The molecular formula is C33H24FN3O6S. The molecule has 0 spiro atoms. The molecule has 1 aliphatic rings. The maximum atomic E-state index is 14.0. The van der Waals surface area contributed by atoms with E-state index >= 15 is 0 Å². The summed E-state index contributed by atoms with van der Waals surface area (Å²) in [4.78, 5) is 43.8. The number of esters is 1. The molecule has 0 saturated heterocycles. The SMILES string of the molecule is CCOC(=O)C1=C(c2ccccc2)N=c2s/c(=C\c3ccc(-c4ccc(C)cc4[N+](=O)[O-])o3)c(=O)n2[C@H]1c1ccc(F)cc1. The van der Waals surface area contributed by atoms with Crippen LogP contribution in [0.3, 0.4) is 0 Å². The van der Waals surface area contributed by atoms with Crippen molar-refractivity contribution in [3.63, 3.8) is 0 Å². The molecule has 5 aromatic rings. The molecule has 0 N–H and O–H groups in total. The zero-order valence-electron chi connectivity index (χ0n) is 23.5. The van der Waals surface area contributed by atoms with Crippen LogP contribution in [-0.2, 0) is 9.53 Å². The number of aryl methyl sites for hydroxylation is 1. The number of furan rings is 1. The maximum absolute atomic E-state index is 14.0. The predicted molar refractivity (Wildman–Crippen MR) is 163 cm³/mol. The van der Waals surface area contributed by atoms with Gasteiger partial charge >= 0.3 is 5.97 Å². The van der Waals surface area contributed by atoms with Crippen LogP contribution in [-0.4, -0.2) is 22.1 Å². The molecular weight excluding hydrogens is 585 g/mol. The lowest BCUT2D eigenvalue weighted by Crippen LogP contribution is -2.40. The Kier molecular flexibility index (Phi) is 7.62. The molecule has 0 unspecified atom stereocenters. The number of benzene rings is 3. The zero-order chi connectivity index (χ0) is 31.0. The first kappa shape index (κ1) is 28.7. The normalized spacial score (nSPS) is 14.7. The third kappa shape index (κ3) is 5.29. The Morgan fingerprint density at radius 2 is 1.86 bits per heavy atom. The minimum atomic E-state index is -0.953. The fourth-order valence-electron chi connectivity index (χ4n) is 5.11. The average molecular weight is 610 g/mol. The molecule has 0 saturated carbocycles. The van der Waals surface area contributed by atoms with E-state index in [1.54, 1.807) is 38.1 Å². The lowest BCUT2D eigenvalue weighted by atomic mass is 9.93. The number of thiazole rings is 1. The van der Waals surface area contributed by atoms with Crippen LogP contribution in [0.1, 0.15) is 35.4 Å². The Labute approximate surface area is 253 Å². The number of carbonyl (C=O) groups is 1. The number of hydrogen-bond acceptors (Lipinski definition) is 8. The molecule has 3 aromatic carbocycles. The second kappa shape index (κ2) is 11.7.